The van der Waals surface area contributed by atoms with E-state index >= 15 is 0 Å². The van der Waals surface area contributed by atoms with Crippen LogP contribution >= 0.6 is 0 Å². The lowest BCUT2D eigenvalue weighted by Crippen LogP contribution is -2.43. The Morgan fingerprint density at radius 3 is 2.79 bits per heavy atom. The number of rotatable bonds is 4. The summed E-state index contributed by atoms with van der Waals surface area (Å²) in [6, 6.07) is 1.57. The molecule has 2 atom stereocenters. The molecule has 0 radical (unpaired) electrons. The lowest BCUT2D eigenvalue weighted by Gasteiger charge is -2.31. The summed E-state index contributed by atoms with van der Waals surface area (Å²) in [6.07, 6.45) is 5.63. The number of hydrogen-bond donors (Lipinski definition) is 2. The molecule has 1 fully saturated rings. The zero-order valence-electron chi connectivity index (χ0n) is 14.2. The first kappa shape index (κ1) is 16.6. The van der Waals surface area contributed by atoms with E-state index in [1.54, 1.807) is 37.7 Å². The third-order valence-electron chi connectivity index (χ3n) is 4.37. The van der Waals surface area contributed by atoms with Gasteiger partial charge in [-0.15, -0.1) is 5.10 Å². The average molecular weight is 333 g/mol. The van der Waals surface area contributed by atoms with Crippen LogP contribution < -0.4 is 5.32 Å². The lowest BCUT2D eigenvalue weighted by atomic mass is 9.90. The molecule has 8 heteroatoms. The fourth-order valence-electron chi connectivity index (χ4n) is 3.03. The summed E-state index contributed by atoms with van der Waals surface area (Å²) >= 11 is 0. The molecular weight excluding hydrogens is 310 g/mol. The van der Waals surface area contributed by atoms with Gasteiger partial charge in [-0.2, -0.15) is 0 Å². The minimum Gasteiger partial charge on any atom is -0.384 e. The van der Waals surface area contributed by atoms with E-state index in [1.165, 1.54) is 0 Å². The van der Waals surface area contributed by atoms with E-state index in [2.05, 4.69) is 20.8 Å². The lowest BCUT2D eigenvalue weighted by molar-refractivity contribution is 0.0735. The first-order chi connectivity index (χ1) is 11.3. The summed E-state index contributed by atoms with van der Waals surface area (Å²) in [4.78, 5) is 12.3. The van der Waals surface area contributed by atoms with E-state index in [-0.39, 0.29) is 23.8 Å². The Morgan fingerprint density at radius 1 is 1.42 bits per heavy atom. The van der Waals surface area contributed by atoms with Crippen molar-refractivity contribution in [3.63, 3.8) is 0 Å². The van der Waals surface area contributed by atoms with Gasteiger partial charge in [0.05, 0.1) is 24.0 Å². The van der Waals surface area contributed by atoms with E-state index < -0.39 is 5.60 Å². The second-order valence-corrected chi connectivity index (χ2v) is 6.91. The third-order valence-corrected chi connectivity index (χ3v) is 4.37. The van der Waals surface area contributed by atoms with Crippen LogP contribution in [0.15, 0.2) is 16.8 Å². The smallest absolute Gasteiger partial charge is 0.290 e. The Hall–Kier alpha value is -2.22. The summed E-state index contributed by atoms with van der Waals surface area (Å²) in [5, 5.41) is 25.0. The zero-order valence-corrected chi connectivity index (χ0v) is 14.2. The van der Waals surface area contributed by atoms with Crippen LogP contribution in [0.1, 0.15) is 67.5 Å². The molecule has 130 valence electrons. The number of aromatic nitrogens is 4. The topological polar surface area (TPSA) is 106 Å². The van der Waals surface area contributed by atoms with Gasteiger partial charge in [0.2, 0.25) is 5.76 Å². The molecule has 0 bridgehead atoms. The largest absolute Gasteiger partial charge is 0.384 e. The highest BCUT2D eigenvalue weighted by Crippen LogP contribution is 2.29. The van der Waals surface area contributed by atoms with Crippen LogP contribution in [0.4, 0.5) is 0 Å². The van der Waals surface area contributed by atoms with Gasteiger partial charge in [0.1, 0.15) is 11.3 Å². The number of carbonyl (C=O) groups excluding carboxylic acids is 1. The van der Waals surface area contributed by atoms with Crippen LogP contribution in [-0.2, 0) is 5.60 Å². The molecule has 0 spiro atoms. The summed E-state index contributed by atoms with van der Waals surface area (Å²) in [5.41, 5.74) is 0.152. The number of hydrogen-bond acceptors (Lipinski definition) is 6. The Morgan fingerprint density at radius 2 is 2.17 bits per heavy atom. The van der Waals surface area contributed by atoms with Crippen molar-refractivity contribution in [2.24, 2.45) is 0 Å². The van der Waals surface area contributed by atoms with E-state index in [9.17, 15) is 9.90 Å². The summed E-state index contributed by atoms with van der Waals surface area (Å²) in [7, 11) is 0. The maximum Gasteiger partial charge on any atom is 0.290 e. The van der Waals surface area contributed by atoms with E-state index in [1.807, 2.05) is 0 Å². The molecule has 2 aromatic heterocycles. The Bertz CT molecular complexity index is 715. The number of aryl methyl sites for hydroxylation is 1. The quantitative estimate of drug-likeness (QED) is 0.882. The molecule has 1 amide bonds. The van der Waals surface area contributed by atoms with Gasteiger partial charge in [-0.25, -0.2) is 4.68 Å². The van der Waals surface area contributed by atoms with Gasteiger partial charge in [-0.05, 0) is 33.6 Å². The van der Waals surface area contributed by atoms with E-state index in [4.69, 9.17) is 4.52 Å². The summed E-state index contributed by atoms with van der Waals surface area (Å²) in [5.74, 6) is -0.0529. The summed E-state index contributed by atoms with van der Waals surface area (Å²) < 4.78 is 6.78. The van der Waals surface area contributed by atoms with Gasteiger partial charge in [0.15, 0.2) is 0 Å². The molecule has 2 N–H and O–H groups in total. The standard InChI is InChI=1S/C16H23N5O3/c1-10-8-13(24-19-10)15(22)17-11-6-4-5-7-12(11)21-9-14(18-20-21)16(2,3)23/h8-9,11-12,23H,4-7H2,1-3H3,(H,17,22)/t11-,12+/m0/s1. The summed E-state index contributed by atoms with van der Waals surface area (Å²) in [6.45, 7) is 5.12. The van der Waals surface area contributed by atoms with Crippen LogP contribution in [0.5, 0.6) is 0 Å². The minimum atomic E-state index is -1.04. The first-order valence-corrected chi connectivity index (χ1v) is 8.23. The number of carbonyl (C=O) groups is 1. The highest BCUT2D eigenvalue weighted by molar-refractivity contribution is 5.91. The van der Waals surface area contributed by atoms with Gasteiger partial charge in [0, 0.05) is 6.07 Å². The van der Waals surface area contributed by atoms with Crippen molar-refractivity contribution < 1.29 is 14.4 Å². The number of nitrogens with one attached hydrogen (secondary N) is 1. The van der Waals surface area contributed by atoms with E-state index in [0.29, 0.717) is 11.4 Å². The zero-order chi connectivity index (χ0) is 17.3. The number of nitrogens with zero attached hydrogens (tertiary/aromatic N) is 4. The highest BCUT2D eigenvalue weighted by Gasteiger charge is 2.31. The molecule has 0 aliphatic heterocycles. The normalized spacial score (nSPS) is 21.7. The maximum atomic E-state index is 12.3. The van der Waals surface area contributed by atoms with Gasteiger partial charge in [0.25, 0.3) is 5.91 Å². The van der Waals surface area contributed by atoms with Crippen molar-refractivity contribution in [3.05, 3.63) is 29.4 Å². The van der Waals surface area contributed by atoms with Gasteiger partial charge >= 0.3 is 0 Å². The van der Waals surface area contributed by atoms with Crippen LogP contribution in [0.25, 0.3) is 0 Å². The SMILES string of the molecule is Cc1cc(C(=O)N[C@H]2CCCC[C@H]2n2cc(C(C)(C)O)nn2)on1. The monoisotopic (exact) mass is 333 g/mol. The fraction of sp³-hybridized carbons (Fsp3) is 0.625. The molecule has 0 aromatic carbocycles. The Balaban J connectivity index is 1.76. The minimum absolute atomic E-state index is 0.00955. The van der Waals surface area contributed by atoms with Gasteiger partial charge < -0.3 is 14.9 Å². The second-order valence-electron chi connectivity index (χ2n) is 6.91. The third kappa shape index (κ3) is 3.48. The Labute approximate surface area is 140 Å². The molecular formula is C16H23N5O3. The van der Waals surface area contributed by atoms with Gasteiger partial charge in [-0.3, -0.25) is 4.79 Å². The van der Waals surface area contributed by atoms with Crippen molar-refractivity contribution in [1.82, 2.24) is 25.5 Å². The second kappa shape index (κ2) is 6.35. The molecule has 2 aromatic rings. The molecule has 3 rings (SSSR count). The molecule has 1 aliphatic rings. The first-order valence-electron chi connectivity index (χ1n) is 8.23. The molecule has 24 heavy (non-hydrogen) atoms. The Kier molecular flexibility index (Phi) is 4.40. The van der Waals surface area contributed by atoms with Crippen LogP contribution in [0.3, 0.4) is 0 Å². The van der Waals surface area contributed by atoms with Crippen molar-refractivity contribution in [1.29, 1.82) is 0 Å². The number of aliphatic hydroxyl groups is 1. The van der Waals surface area contributed by atoms with Crippen molar-refractivity contribution >= 4 is 5.91 Å². The highest BCUT2D eigenvalue weighted by atomic mass is 16.5. The average Bonchev–Trinajstić information content (AvgIpc) is 3.16. The molecule has 8 nitrogen and oxygen atoms in total. The molecule has 0 saturated heterocycles. The molecule has 2 heterocycles. The van der Waals surface area contributed by atoms with Crippen LogP contribution in [-0.4, -0.2) is 37.2 Å². The van der Waals surface area contributed by atoms with Crippen LogP contribution in [0.2, 0.25) is 0 Å². The molecule has 1 saturated carbocycles. The fourth-order valence-corrected chi connectivity index (χ4v) is 3.03. The van der Waals surface area contributed by atoms with Crippen molar-refractivity contribution in [2.45, 2.75) is 64.1 Å². The van der Waals surface area contributed by atoms with Crippen molar-refractivity contribution in [2.75, 3.05) is 0 Å². The van der Waals surface area contributed by atoms with Gasteiger partial charge in [-0.1, -0.05) is 23.2 Å². The maximum absolute atomic E-state index is 12.3. The number of amides is 1. The van der Waals surface area contributed by atoms with Crippen LogP contribution in [0, 0.1) is 6.92 Å². The predicted octanol–water partition coefficient (Wildman–Crippen LogP) is 1.72. The molecule has 0 unspecified atom stereocenters. The predicted molar refractivity (Wildman–Crippen MR) is 85.3 cm³/mol. The van der Waals surface area contributed by atoms with E-state index in [0.717, 1.165) is 25.7 Å². The van der Waals surface area contributed by atoms with Crippen molar-refractivity contribution in [3.8, 4) is 0 Å². The molecule has 1 aliphatic carbocycles.